The van der Waals surface area contributed by atoms with E-state index in [1.807, 2.05) is 0 Å². The van der Waals surface area contributed by atoms with E-state index in [-0.39, 0.29) is 12.2 Å². The molecule has 0 radical (unpaired) electrons. The third kappa shape index (κ3) is 6.07. The highest BCUT2D eigenvalue weighted by molar-refractivity contribution is 7.96. The molecule has 1 aromatic carbocycles. The SMILES string of the molecule is Cn1cc(-n2nc(-c3ccc(Cl)cc3)cc(C(=O)NC3(CO)CCN(SCNC4CC4)CC3)c2=O)cn1. The van der Waals surface area contributed by atoms with E-state index in [2.05, 4.69) is 25.1 Å². The lowest BCUT2D eigenvalue weighted by atomic mass is 9.89. The fourth-order valence-corrected chi connectivity index (χ4v) is 5.38. The fraction of sp³-hybridized carbons (Fsp3) is 0.440. The second-order valence-corrected chi connectivity index (χ2v) is 11.1. The number of carbonyl (C=O) groups is 1. The van der Waals surface area contributed by atoms with Gasteiger partial charge in [-0.3, -0.25) is 14.3 Å². The number of aromatic nitrogens is 4. The zero-order valence-corrected chi connectivity index (χ0v) is 22.1. The maximum absolute atomic E-state index is 13.5. The van der Waals surface area contributed by atoms with Crippen LogP contribution in [0.15, 0.2) is 47.5 Å². The van der Waals surface area contributed by atoms with Crippen molar-refractivity contribution in [2.45, 2.75) is 37.3 Å². The van der Waals surface area contributed by atoms with Gasteiger partial charge in [-0.1, -0.05) is 35.7 Å². The van der Waals surface area contributed by atoms with E-state index < -0.39 is 17.0 Å². The number of hydrogen-bond donors (Lipinski definition) is 3. The predicted molar refractivity (Wildman–Crippen MR) is 144 cm³/mol. The number of halogens is 1. The van der Waals surface area contributed by atoms with Gasteiger partial charge in [0.1, 0.15) is 11.3 Å². The van der Waals surface area contributed by atoms with E-state index >= 15 is 0 Å². The quantitative estimate of drug-likeness (QED) is 0.278. The van der Waals surface area contributed by atoms with Crippen LogP contribution >= 0.6 is 23.5 Å². The number of benzene rings is 1. The van der Waals surface area contributed by atoms with Crippen LogP contribution in [0.25, 0.3) is 16.9 Å². The lowest BCUT2D eigenvalue weighted by molar-refractivity contribution is 0.0727. The van der Waals surface area contributed by atoms with Crippen LogP contribution in [-0.4, -0.2) is 72.0 Å². The minimum atomic E-state index is -0.798. The molecule has 12 heteroatoms. The van der Waals surface area contributed by atoms with E-state index in [9.17, 15) is 14.7 Å². The van der Waals surface area contributed by atoms with E-state index in [0.29, 0.717) is 40.9 Å². The molecule has 37 heavy (non-hydrogen) atoms. The standard InChI is InChI=1S/C25H30ClN7O3S/c1-31-14-20(13-28-31)33-24(36)21(12-22(30-33)17-2-4-18(26)5-3-17)23(35)29-25(15-34)8-10-32(11-9-25)37-16-27-19-6-7-19/h2-5,12-14,19,27,34H,6-11,15-16H2,1H3,(H,29,35). The minimum absolute atomic E-state index is 0.0536. The van der Waals surface area contributed by atoms with Crippen molar-refractivity contribution in [2.24, 2.45) is 7.05 Å². The largest absolute Gasteiger partial charge is 0.394 e. The highest BCUT2D eigenvalue weighted by atomic mass is 35.5. The van der Waals surface area contributed by atoms with E-state index in [1.165, 1.54) is 29.8 Å². The Balaban J connectivity index is 1.39. The number of piperidine rings is 1. The molecule has 0 spiro atoms. The minimum Gasteiger partial charge on any atom is -0.394 e. The number of aliphatic hydroxyl groups is 1. The Morgan fingerprint density at radius 3 is 2.59 bits per heavy atom. The topological polar surface area (TPSA) is 117 Å². The molecule has 5 rings (SSSR count). The molecule has 196 valence electrons. The Kier molecular flexibility index (Phi) is 7.68. The lowest BCUT2D eigenvalue weighted by Crippen LogP contribution is -2.57. The molecule has 10 nitrogen and oxygen atoms in total. The maximum atomic E-state index is 13.5. The Morgan fingerprint density at radius 2 is 1.97 bits per heavy atom. The molecule has 1 saturated heterocycles. The third-order valence-corrected chi connectivity index (χ3v) is 8.07. The number of nitrogens with zero attached hydrogens (tertiary/aromatic N) is 5. The predicted octanol–water partition coefficient (Wildman–Crippen LogP) is 2.20. The zero-order valence-electron chi connectivity index (χ0n) is 20.6. The number of amides is 1. The van der Waals surface area contributed by atoms with Crippen molar-refractivity contribution in [3.63, 3.8) is 0 Å². The summed E-state index contributed by atoms with van der Waals surface area (Å²) in [4.78, 5) is 26.9. The van der Waals surface area contributed by atoms with Crippen LogP contribution in [0.4, 0.5) is 0 Å². The fourth-order valence-electron chi connectivity index (χ4n) is 4.32. The van der Waals surface area contributed by atoms with E-state index in [1.54, 1.807) is 54.1 Å². The maximum Gasteiger partial charge on any atom is 0.284 e. The summed E-state index contributed by atoms with van der Waals surface area (Å²) in [7, 11) is 1.74. The monoisotopic (exact) mass is 543 g/mol. The average molecular weight is 544 g/mol. The number of carbonyl (C=O) groups excluding carboxylic acids is 1. The van der Waals surface area contributed by atoms with Crippen LogP contribution in [0.3, 0.4) is 0 Å². The molecule has 0 atom stereocenters. The van der Waals surface area contributed by atoms with Gasteiger partial charge in [-0.2, -0.15) is 14.9 Å². The van der Waals surface area contributed by atoms with Gasteiger partial charge in [-0.05, 0) is 43.9 Å². The number of aryl methyl sites for hydroxylation is 1. The summed E-state index contributed by atoms with van der Waals surface area (Å²) < 4.78 is 5.00. The Labute approximate surface area is 224 Å². The summed E-state index contributed by atoms with van der Waals surface area (Å²) in [6, 6.07) is 9.17. The highest BCUT2D eigenvalue weighted by Crippen LogP contribution is 2.28. The molecule has 1 aliphatic carbocycles. The van der Waals surface area contributed by atoms with Crippen LogP contribution < -0.4 is 16.2 Å². The second-order valence-electron chi connectivity index (χ2n) is 9.61. The van der Waals surface area contributed by atoms with Crippen LogP contribution in [0.2, 0.25) is 5.02 Å². The number of aliphatic hydroxyl groups excluding tert-OH is 1. The second kappa shape index (κ2) is 11.0. The van der Waals surface area contributed by atoms with Crippen molar-refractivity contribution >= 4 is 29.5 Å². The molecule has 0 bridgehead atoms. The van der Waals surface area contributed by atoms with Gasteiger partial charge >= 0.3 is 0 Å². The Bertz CT molecular complexity index is 1310. The van der Waals surface area contributed by atoms with Crippen molar-refractivity contribution in [3.8, 4) is 16.9 Å². The third-order valence-electron chi connectivity index (χ3n) is 6.79. The molecule has 2 aliphatic rings. The molecular weight excluding hydrogens is 514 g/mol. The molecule has 3 aromatic rings. The first-order chi connectivity index (χ1) is 17.9. The van der Waals surface area contributed by atoms with Gasteiger partial charge in [0.2, 0.25) is 0 Å². The molecular formula is C25H30ClN7O3S. The summed E-state index contributed by atoms with van der Waals surface area (Å²) >= 11 is 7.79. The normalized spacial score (nSPS) is 17.6. The summed E-state index contributed by atoms with van der Waals surface area (Å²) in [5.74, 6) is 0.326. The molecule has 1 aliphatic heterocycles. The van der Waals surface area contributed by atoms with Crippen molar-refractivity contribution in [1.82, 2.24) is 34.5 Å². The lowest BCUT2D eigenvalue weighted by Gasteiger charge is -2.40. The Morgan fingerprint density at radius 1 is 1.24 bits per heavy atom. The first kappa shape index (κ1) is 25.9. The molecule has 1 amide bonds. The van der Waals surface area contributed by atoms with Crippen LogP contribution in [0.1, 0.15) is 36.0 Å². The molecule has 3 N–H and O–H groups in total. The van der Waals surface area contributed by atoms with Gasteiger partial charge < -0.3 is 15.7 Å². The average Bonchev–Trinajstić information content (AvgIpc) is 3.63. The molecule has 2 fully saturated rings. The summed E-state index contributed by atoms with van der Waals surface area (Å²) in [5.41, 5.74) is 0.181. The van der Waals surface area contributed by atoms with Crippen molar-refractivity contribution in [1.29, 1.82) is 0 Å². The van der Waals surface area contributed by atoms with Gasteiger partial charge in [0.15, 0.2) is 0 Å². The molecule has 0 unspecified atom stereocenters. The van der Waals surface area contributed by atoms with Gasteiger partial charge in [-0.15, -0.1) is 0 Å². The first-order valence-corrected chi connectivity index (χ1v) is 13.6. The van der Waals surface area contributed by atoms with Gasteiger partial charge in [0, 0.05) is 36.8 Å². The zero-order chi connectivity index (χ0) is 26.0. The summed E-state index contributed by atoms with van der Waals surface area (Å²) in [6.07, 6.45) is 6.83. The summed E-state index contributed by atoms with van der Waals surface area (Å²) in [6.45, 7) is 1.25. The van der Waals surface area contributed by atoms with Crippen LogP contribution in [0.5, 0.6) is 0 Å². The molecule has 3 heterocycles. The van der Waals surface area contributed by atoms with Gasteiger partial charge in [0.05, 0.1) is 36.1 Å². The number of nitrogens with one attached hydrogen (secondary N) is 2. The van der Waals surface area contributed by atoms with Crippen LogP contribution in [-0.2, 0) is 7.05 Å². The molecule has 2 aromatic heterocycles. The van der Waals surface area contributed by atoms with E-state index in [0.717, 1.165) is 19.0 Å². The summed E-state index contributed by atoms with van der Waals surface area (Å²) in [5, 5.41) is 26.0. The van der Waals surface area contributed by atoms with Crippen molar-refractivity contribution in [3.05, 3.63) is 63.7 Å². The first-order valence-electron chi connectivity index (χ1n) is 12.3. The molecule has 1 saturated carbocycles. The number of rotatable bonds is 9. The van der Waals surface area contributed by atoms with Crippen molar-refractivity contribution < 1.29 is 9.90 Å². The number of hydrogen-bond acceptors (Lipinski definition) is 8. The van der Waals surface area contributed by atoms with Crippen LogP contribution in [0, 0.1) is 0 Å². The van der Waals surface area contributed by atoms with Crippen molar-refractivity contribution in [2.75, 3.05) is 25.6 Å². The Hall–Kier alpha value is -2.70. The van der Waals surface area contributed by atoms with E-state index in [4.69, 9.17) is 11.6 Å². The van der Waals surface area contributed by atoms with Gasteiger partial charge in [-0.25, -0.2) is 4.31 Å². The van der Waals surface area contributed by atoms with Gasteiger partial charge in [0.25, 0.3) is 11.5 Å². The highest BCUT2D eigenvalue weighted by Gasteiger charge is 2.37. The smallest absolute Gasteiger partial charge is 0.284 e.